The van der Waals surface area contributed by atoms with Crippen LogP contribution in [0.1, 0.15) is 11.3 Å². The number of anilines is 1. The number of rotatable bonds is 3. The van der Waals surface area contributed by atoms with Gasteiger partial charge in [0.15, 0.2) is 0 Å². The molecule has 1 aromatic carbocycles. The summed E-state index contributed by atoms with van der Waals surface area (Å²) in [7, 11) is 4.01. The van der Waals surface area contributed by atoms with Crippen LogP contribution >= 0.6 is 11.6 Å². The van der Waals surface area contributed by atoms with Crippen molar-refractivity contribution in [3.63, 3.8) is 0 Å². The number of nitrogens with zero attached hydrogens (tertiary/aromatic N) is 3. The third-order valence-corrected chi connectivity index (χ3v) is 2.98. The second-order valence-electron chi connectivity index (χ2n) is 4.16. The zero-order valence-electron chi connectivity index (χ0n) is 10.3. The number of alkyl halides is 1. The van der Waals surface area contributed by atoms with Crippen molar-refractivity contribution in [1.82, 2.24) is 9.78 Å². The predicted molar refractivity (Wildman–Crippen MR) is 72.2 cm³/mol. The van der Waals surface area contributed by atoms with Crippen LogP contribution in [0.15, 0.2) is 30.3 Å². The Balaban J connectivity index is 2.62. The average Bonchev–Trinajstić information content (AvgIpc) is 2.67. The van der Waals surface area contributed by atoms with Crippen molar-refractivity contribution in [3.8, 4) is 5.69 Å². The van der Waals surface area contributed by atoms with Gasteiger partial charge in [0.05, 0.1) is 17.3 Å². The summed E-state index contributed by atoms with van der Waals surface area (Å²) in [6, 6.07) is 10.1. The van der Waals surface area contributed by atoms with Crippen molar-refractivity contribution in [2.24, 2.45) is 0 Å². The molecule has 0 aliphatic carbocycles. The van der Waals surface area contributed by atoms with Crippen LogP contribution in [0.25, 0.3) is 5.69 Å². The fraction of sp³-hybridized carbons (Fsp3) is 0.308. The summed E-state index contributed by atoms with van der Waals surface area (Å²) in [5, 5.41) is 4.56. The Bertz CT molecular complexity index is 503. The Hall–Kier alpha value is -1.48. The minimum Gasteiger partial charge on any atom is -0.362 e. The molecule has 0 saturated heterocycles. The van der Waals surface area contributed by atoms with E-state index in [0.29, 0.717) is 5.88 Å². The Kier molecular flexibility index (Phi) is 3.38. The van der Waals surface area contributed by atoms with E-state index in [2.05, 4.69) is 5.10 Å². The van der Waals surface area contributed by atoms with Crippen molar-refractivity contribution in [2.75, 3.05) is 19.0 Å². The van der Waals surface area contributed by atoms with Crippen molar-refractivity contribution < 1.29 is 0 Å². The number of halogens is 1. The Morgan fingerprint density at radius 3 is 2.41 bits per heavy atom. The molecule has 3 nitrogen and oxygen atoms in total. The first kappa shape index (κ1) is 12.0. The molecule has 0 unspecified atom stereocenters. The molecule has 1 aromatic heterocycles. The second kappa shape index (κ2) is 4.80. The minimum atomic E-state index is 0.478. The molecule has 0 radical (unpaired) electrons. The molecule has 1 heterocycles. The van der Waals surface area contributed by atoms with E-state index < -0.39 is 0 Å². The maximum absolute atomic E-state index is 6.00. The van der Waals surface area contributed by atoms with Gasteiger partial charge < -0.3 is 4.90 Å². The molecule has 0 fully saturated rings. The van der Waals surface area contributed by atoms with E-state index >= 15 is 0 Å². The SMILES string of the molecule is Cc1nn(-c2ccccc2)c(N(C)C)c1CCl. The third kappa shape index (κ3) is 2.15. The van der Waals surface area contributed by atoms with Crippen LogP contribution in [0.5, 0.6) is 0 Å². The smallest absolute Gasteiger partial charge is 0.136 e. The van der Waals surface area contributed by atoms with Gasteiger partial charge in [-0.1, -0.05) is 18.2 Å². The van der Waals surface area contributed by atoms with Crippen LogP contribution in [0, 0.1) is 6.92 Å². The molecule has 0 spiro atoms. The fourth-order valence-electron chi connectivity index (χ4n) is 1.91. The standard InChI is InChI=1S/C13H16ClN3/c1-10-12(9-14)13(16(2)3)17(15-10)11-7-5-4-6-8-11/h4-8H,9H2,1-3H3. The van der Waals surface area contributed by atoms with Crippen LogP contribution in [-0.4, -0.2) is 23.9 Å². The first-order valence-corrected chi connectivity index (χ1v) is 6.05. The van der Waals surface area contributed by atoms with Crippen LogP contribution in [0.4, 0.5) is 5.82 Å². The summed E-state index contributed by atoms with van der Waals surface area (Å²) in [6.45, 7) is 1.99. The van der Waals surface area contributed by atoms with Gasteiger partial charge in [0.2, 0.25) is 0 Å². The maximum Gasteiger partial charge on any atom is 0.136 e. The molecule has 0 saturated carbocycles. The van der Waals surface area contributed by atoms with Crippen LogP contribution < -0.4 is 4.90 Å². The summed E-state index contributed by atoms with van der Waals surface area (Å²) >= 11 is 6.00. The molecule has 17 heavy (non-hydrogen) atoms. The molecule has 90 valence electrons. The van der Waals surface area contributed by atoms with Gasteiger partial charge in [-0.05, 0) is 19.1 Å². The minimum absolute atomic E-state index is 0.478. The van der Waals surface area contributed by atoms with Crippen molar-refractivity contribution in [3.05, 3.63) is 41.6 Å². The molecular formula is C13H16ClN3. The van der Waals surface area contributed by atoms with E-state index in [0.717, 1.165) is 22.8 Å². The predicted octanol–water partition coefficient (Wildman–Crippen LogP) is 2.99. The fourth-order valence-corrected chi connectivity index (χ4v) is 2.23. The summed E-state index contributed by atoms with van der Waals surface area (Å²) in [4.78, 5) is 2.05. The number of aromatic nitrogens is 2. The number of benzene rings is 1. The highest BCUT2D eigenvalue weighted by molar-refractivity contribution is 6.17. The van der Waals surface area contributed by atoms with Crippen LogP contribution in [-0.2, 0) is 5.88 Å². The summed E-state index contributed by atoms with van der Waals surface area (Å²) in [5.41, 5.74) is 3.11. The Labute approximate surface area is 107 Å². The molecule has 4 heteroatoms. The molecule has 2 aromatic rings. The lowest BCUT2D eigenvalue weighted by Gasteiger charge is -2.16. The third-order valence-electron chi connectivity index (χ3n) is 2.72. The summed E-state index contributed by atoms with van der Waals surface area (Å²) in [6.07, 6.45) is 0. The molecule has 0 atom stereocenters. The van der Waals surface area contributed by atoms with Gasteiger partial charge in [-0.15, -0.1) is 11.6 Å². The lowest BCUT2D eigenvalue weighted by molar-refractivity contribution is 0.841. The quantitative estimate of drug-likeness (QED) is 0.780. The lowest BCUT2D eigenvalue weighted by Crippen LogP contribution is -2.15. The summed E-state index contributed by atoms with van der Waals surface area (Å²) in [5.74, 6) is 1.52. The molecule has 0 amide bonds. The van der Waals surface area contributed by atoms with E-state index in [9.17, 15) is 0 Å². The molecule has 0 aliphatic rings. The lowest BCUT2D eigenvalue weighted by atomic mass is 10.2. The van der Waals surface area contributed by atoms with Gasteiger partial charge >= 0.3 is 0 Å². The van der Waals surface area contributed by atoms with Gasteiger partial charge in [-0.3, -0.25) is 0 Å². The zero-order chi connectivity index (χ0) is 12.4. The number of hydrogen-bond acceptors (Lipinski definition) is 2. The highest BCUT2D eigenvalue weighted by atomic mass is 35.5. The molecular weight excluding hydrogens is 234 g/mol. The van der Waals surface area contributed by atoms with Crippen LogP contribution in [0.3, 0.4) is 0 Å². The van der Waals surface area contributed by atoms with E-state index in [-0.39, 0.29) is 0 Å². The monoisotopic (exact) mass is 249 g/mol. The van der Waals surface area contributed by atoms with Crippen molar-refractivity contribution in [1.29, 1.82) is 0 Å². The molecule has 0 bridgehead atoms. The number of hydrogen-bond donors (Lipinski definition) is 0. The zero-order valence-corrected chi connectivity index (χ0v) is 11.1. The first-order valence-electron chi connectivity index (χ1n) is 5.52. The van der Waals surface area contributed by atoms with Gasteiger partial charge in [-0.25, -0.2) is 4.68 Å². The molecule has 2 rings (SSSR count). The van der Waals surface area contributed by atoms with Gasteiger partial charge in [0.1, 0.15) is 5.82 Å². The second-order valence-corrected chi connectivity index (χ2v) is 4.43. The molecule has 0 N–H and O–H groups in total. The van der Waals surface area contributed by atoms with Gasteiger partial charge in [0, 0.05) is 19.7 Å². The van der Waals surface area contributed by atoms with Crippen LogP contribution in [0.2, 0.25) is 0 Å². The van der Waals surface area contributed by atoms with Gasteiger partial charge in [-0.2, -0.15) is 5.10 Å². The normalized spacial score (nSPS) is 10.6. The average molecular weight is 250 g/mol. The van der Waals surface area contributed by atoms with Crippen molar-refractivity contribution in [2.45, 2.75) is 12.8 Å². The van der Waals surface area contributed by atoms with E-state index in [1.807, 2.05) is 60.9 Å². The topological polar surface area (TPSA) is 21.1 Å². The number of aryl methyl sites for hydroxylation is 1. The van der Waals surface area contributed by atoms with Gasteiger partial charge in [0.25, 0.3) is 0 Å². The van der Waals surface area contributed by atoms with E-state index in [1.165, 1.54) is 0 Å². The largest absolute Gasteiger partial charge is 0.362 e. The van der Waals surface area contributed by atoms with E-state index in [1.54, 1.807) is 0 Å². The molecule has 0 aliphatic heterocycles. The Morgan fingerprint density at radius 1 is 1.24 bits per heavy atom. The Morgan fingerprint density at radius 2 is 1.88 bits per heavy atom. The maximum atomic E-state index is 6.00. The van der Waals surface area contributed by atoms with E-state index in [4.69, 9.17) is 11.6 Å². The summed E-state index contributed by atoms with van der Waals surface area (Å²) < 4.78 is 1.94. The highest BCUT2D eigenvalue weighted by Crippen LogP contribution is 2.26. The highest BCUT2D eigenvalue weighted by Gasteiger charge is 2.16. The van der Waals surface area contributed by atoms with Crippen molar-refractivity contribution >= 4 is 17.4 Å². The number of para-hydroxylation sites is 1. The first-order chi connectivity index (χ1) is 8.15.